The molecule has 38 heavy (non-hydrogen) atoms. The molecule has 0 N–H and O–H groups in total. The number of piperidine rings is 1. The number of fused-ring (bicyclic) bond motifs is 1. The largest absolute Gasteiger partial charge is 0.371 e. The molecule has 2 aromatic heterocycles. The van der Waals surface area contributed by atoms with Gasteiger partial charge in [0.25, 0.3) is 0 Å². The third-order valence-corrected chi connectivity index (χ3v) is 7.59. The average molecular weight is 534 g/mol. The summed E-state index contributed by atoms with van der Waals surface area (Å²) in [5, 5.41) is 2.78. The van der Waals surface area contributed by atoms with Crippen molar-refractivity contribution in [2.45, 2.75) is 60.0 Å². The van der Waals surface area contributed by atoms with Crippen molar-refractivity contribution in [3.8, 4) is 0 Å². The predicted molar refractivity (Wildman–Crippen MR) is 157 cm³/mol. The van der Waals surface area contributed by atoms with E-state index in [4.69, 9.17) is 26.4 Å². The van der Waals surface area contributed by atoms with Crippen LogP contribution >= 0.6 is 11.6 Å². The summed E-state index contributed by atoms with van der Waals surface area (Å²) in [6, 6.07) is 6.08. The minimum Gasteiger partial charge on any atom is -0.371 e. The highest BCUT2D eigenvalue weighted by molar-refractivity contribution is 6.31. The van der Waals surface area contributed by atoms with Gasteiger partial charge in [-0.15, -0.1) is 0 Å². The molecule has 3 heterocycles. The van der Waals surface area contributed by atoms with E-state index < -0.39 is 0 Å². The molecule has 0 bridgehead atoms. The number of aryl methyl sites for hydroxylation is 1. The lowest BCUT2D eigenvalue weighted by Gasteiger charge is -2.30. The van der Waals surface area contributed by atoms with Gasteiger partial charge in [0, 0.05) is 50.3 Å². The highest BCUT2D eigenvalue weighted by Crippen LogP contribution is 2.36. The van der Waals surface area contributed by atoms with Crippen molar-refractivity contribution in [3.05, 3.63) is 88.3 Å². The van der Waals surface area contributed by atoms with E-state index in [2.05, 4.69) is 60.9 Å². The molecule has 0 spiro atoms. The Kier molecular flexibility index (Phi) is 10.3. The molecule has 1 fully saturated rings. The third-order valence-electron chi connectivity index (χ3n) is 7.38. The molecule has 202 valence electrons. The first-order valence-electron chi connectivity index (χ1n) is 13.8. The first-order valence-corrected chi connectivity index (χ1v) is 14.2. The number of hydrogen-bond acceptors (Lipinski definition) is 6. The standard InChI is InChI=1S/C31H40ClN5O/c1-5-8-28(36(6-2)7-3)21-35-30-23(4)9-10-26-19-27(32)20-34-31(26)29(30)25-13-17-37(18-14-25)38-22-24-11-15-33-16-12-24/h5,8,11-12,15-16,19-21,23H,6-7,9-10,13-14,17-18,22H2,1-4H3/b8-5-,28-21+,35-30?. The number of rotatable bonds is 8. The number of hydrogen-bond donors (Lipinski definition) is 0. The molecule has 7 heteroatoms. The van der Waals surface area contributed by atoms with Crippen LogP contribution in [0.2, 0.25) is 5.02 Å². The van der Waals surface area contributed by atoms with Gasteiger partial charge in [0.15, 0.2) is 0 Å². The molecule has 0 aromatic carbocycles. The molecule has 2 aliphatic rings. The lowest BCUT2D eigenvalue weighted by atomic mass is 9.88. The summed E-state index contributed by atoms with van der Waals surface area (Å²) in [5.41, 5.74) is 8.27. The Bertz CT molecular complexity index is 1190. The summed E-state index contributed by atoms with van der Waals surface area (Å²) >= 11 is 6.39. The Labute approximate surface area is 232 Å². The third kappa shape index (κ3) is 6.99. The number of hydroxylamine groups is 2. The fraction of sp³-hybridized carbons (Fsp3) is 0.452. The van der Waals surface area contributed by atoms with Crippen LogP contribution in [0.15, 0.2) is 71.4 Å². The van der Waals surface area contributed by atoms with Crippen molar-refractivity contribution in [1.82, 2.24) is 19.9 Å². The van der Waals surface area contributed by atoms with Gasteiger partial charge in [0.1, 0.15) is 0 Å². The van der Waals surface area contributed by atoms with Crippen LogP contribution < -0.4 is 0 Å². The van der Waals surface area contributed by atoms with Crippen LogP contribution in [0.4, 0.5) is 0 Å². The monoisotopic (exact) mass is 533 g/mol. The molecule has 2 aromatic rings. The fourth-order valence-electron chi connectivity index (χ4n) is 5.22. The molecule has 0 saturated carbocycles. The Hall–Kier alpha value is -2.80. The Balaban J connectivity index is 1.68. The highest BCUT2D eigenvalue weighted by atomic mass is 35.5. The minimum absolute atomic E-state index is 0.311. The van der Waals surface area contributed by atoms with Crippen LogP contribution in [0.25, 0.3) is 5.57 Å². The summed E-state index contributed by atoms with van der Waals surface area (Å²) in [6.07, 6.45) is 15.5. The lowest BCUT2D eigenvalue weighted by molar-refractivity contribution is -0.173. The van der Waals surface area contributed by atoms with Crippen LogP contribution in [0.5, 0.6) is 0 Å². The molecular formula is C31H40ClN5O. The topological polar surface area (TPSA) is 53.9 Å². The SMILES string of the molecule is C/C=C\C(=C/N=C1C(=C2CCN(OCc3ccncc3)CC2)c2ncc(Cl)cc2CCC1C)N(CC)CC. The van der Waals surface area contributed by atoms with Crippen LogP contribution in [-0.4, -0.2) is 51.8 Å². The second-order valence-electron chi connectivity index (χ2n) is 9.88. The van der Waals surface area contributed by atoms with Gasteiger partial charge < -0.3 is 4.90 Å². The maximum Gasteiger partial charge on any atom is 0.0937 e. The predicted octanol–water partition coefficient (Wildman–Crippen LogP) is 6.89. The summed E-state index contributed by atoms with van der Waals surface area (Å²) in [5.74, 6) is 0.311. The molecule has 1 aliphatic heterocycles. The van der Waals surface area contributed by atoms with E-state index in [0.717, 1.165) is 74.5 Å². The van der Waals surface area contributed by atoms with Gasteiger partial charge in [0.05, 0.1) is 34.9 Å². The molecule has 1 saturated heterocycles. The zero-order valence-electron chi connectivity index (χ0n) is 23.2. The van der Waals surface area contributed by atoms with Crippen LogP contribution in [0, 0.1) is 5.92 Å². The average Bonchev–Trinajstić information content (AvgIpc) is 3.08. The molecule has 1 unspecified atom stereocenters. The second-order valence-corrected chi connectivity index (χ2v) is 10.3. The van der Waals surface area contributed by atoms with Crippen molar-refractivity contribution in [2.75, 3.05) is 26.2 Å². The molecular weight excluding hydrogens is 494 g/mol. The Morgan fingerprint density at radius 3 is 2.61 bits per heavy atom. The number of pyridine rings is 2. The van der Waals surface area contributed by atoms with E-state index in [9.17, 15) is 0 Å². The number of likely N-dealkylation sites (N-methyl/N-ethyl adjacent to an activating group) is 1. The fourth-order valence-corrected chi connectivity index (χ4v) is 5.40. The first-order chi connectivity index (χ1) is 18.5. The number of allylic oxidation sites excluding steroid dienone is 3. The molecule has 1 atom stereocenters. The van der Waals surface area contributed by atoms with E-state index in [1.165, 1.54) is 16.7 Å². The van der Waals surface area contributed by atoms with E-state index >= 15 is 0 Å². The zero-order chi connectivity index (χ0) is 26.9. The maximum absolute atomic E-state index is 6.39. The van der Waals surface area contributed by atoms with Gasteiger partial charge in [-0.05, 0) is 87.8 Å². The van der Waals surface area contributed by atoms with Crippen molar-refractivity contribution in [1.29, 1.82) is 0 Å². The maximum atomic E-state index is 6.39. The number of halogens is 1. The van der Waals surface area contributed by atoms with Gasteiger partial charge in [0.2, 0.25) is 0 Å². The second kappa shape index (κ2) is 13.8. The van der Waals surface area contributed by atoms with Crippen molar-refractivity contribution < 1.29 is 4.84 Å². The van der Waals surface area contributed by atoms with Crippen LogP contribution in [0.3, 0.4) is 0 Å². The summed E-state index contributed by atoms with van der Waals surface area (Å²) < 4.78 is 0. The van der Waals surface area contributed by atoms with Crippen LogP contribution in [-0.2, 0) is 17.9 Å². The quantitative estimate of drug-likeness (QED) is 0.273. The van der Waals surface area contributed by atoms with Gasteiger partial charge in [-0.25, -0.2) is 0 Å². The molecule has 0 amide bonds. The Morgan fingerprint density at radius 2 is 1.92 bits per heavy atom. The highest BCUT2D eigenvalue weighted by Gasteiger charge is 2.29. The molecule has 0 radical (unpaired) electrons. The number of nitrogens with zero attached hydrogens (tertiary/aromatic N) is 5. The zero-order valence-corrected chi connectivity index (χ0v) is 23.9. The van der Waals surface area contributed by atoms with Gasteiger partial charge in [-0.2, -0.15) is 5.06 Å². The lowest BCUT2D eigenvalue weighted by Crippen LogP contribution is -2.31. The Morgan fingerprint density at radius 1 is 1.18 bits per heavy atom. The molecule has 6 nitrogen and oxygen atoms in total. The number of aliphatic imine (C=N–C) groups is 1. The van der Waals surface area contributed by atoms with Crippen LogP contribution in [0.1, 0.15) is 63.8 Å². The first kappa shape index (κ1) is 28.2. The van der Waals surface area contributed by atoms with Crippen molar-refractivity contribution in [3.63, 3.8) is 0 Å². The van der Waals surface area contributed by atoms with E-state index in [1.54, 1.807) is 18.6 Å². The molecule has 1 aliphatic carbocycles. The smallest absolute Gasteiger partial charge is 0.0937 e. The number of aromatic nitrogens is 2. The van der Waals surface area contributed by atoms with Crippen molar-refractivity contribution >= 4 is 22.9 Å². The summed E-state index contributed by atoms with van der Waals surface area (Å²) in [6.45, 7) is 12.8. The minimum atomic E-state index is 0.311. The summed E-state index contributed by atoms with van der Waals surface area (Å²) in [7, 11) is 0. The van der Waals surface area contributed by atoms with E-state index in [-0.39, 0.29) is 0 Å². The van der Waals surface area contributed by atoms with Gasteiger partial charge in [-0.1, -0.05) is 30.2 Å². The van der Waals surface area contributed by atoms with Crippen molar-refractivity contribution in [2.24, 2.45) is 10.9 Å². The summed E-state index contributed by atoms with van der Waals surface area (Å²) in [4.78, 5) is 22.6. The molecule has 4 rings (SSSR count). The van der Waals surface area contributed by atoms with Gasteiger partial charge in [-0.3, -0.25) is 19.8 Å². The normalized spacial score (nSPS) is 20.2. The van der Waals surface area contributed by atoms with Gasteiger partial charge >= 0.3 is 0 Å². The van der Waals surface area contributed by atoms with E-state index in [1.807, 2.05) is 18.3 Å². The van der Waals surface area contributed by atoms with E-state index in [0.29, 0.717) is 17.5 Å².